The summed E-state index contributed by atoms with van der Waals surface area (Å²) in [6.45, 7) is 0.136. The van der Waals surface area contributed by atoms with Crippen LogP contribution < -0.4 is 4.74 Å². The van der Waals surface area contributed by atoms with Crippen molar-refractivity contribution in [3.05, 3.63) is 63.9 Å². The van der Waals surface area contributed by atoms with Crippen molar-refractivity contribution in [2.24, 2.45) is 0 Å². The molecule has 0 heterocycles. The molecule has 0 amide bonds. The van der Waals surface area contributed by atoms with E-state index < -0.39 is 11.9 Å². The number of aliphatic hydroxyl groups excluding tert-OH is 1. The fraction of sp³-hybridized carbons (Fsp3) is 0.200. The Hall–Kier alpha value is -1.29. The van der Waals surface area contributed by atoms with E-state index in [0.29, 0.717) is 17.2 Å². The monoisotopic (exact) mass is 314 g/mol. The molecule has 1 atom stereocenters. The Labute approximate surface area is 126 Å². The number of rotatable bonds is 5. The highest BCUT2D eigenvalue weighted by atomic mass is 35.5. The molecule has 0 spiro atoms. The highest BCUT2D eigenvalue weighted by Crippen LogP contribution is 2.18. The second-order valence-corrected chi connectivity index (χ2v) is 5.21. The van der Waals surface area contributed by atoms with Crippen LogP contribution in [0.3, 0.4) is 0 Å². The van der Waals surface area contributed by atoms with Gasteiger partial charge in [0, 0.05) is 11.4 Å². The average molecular weight is 315 g/mol. The summed E-state index contributed by atoms with van der Waals surface area (Å²) in [4.78, 5) is 0. The van der Waals surface area contributed by atoms with Crippen molar-refractivity contribution < 1.29 is 14.2 Å². The van der Waals surface area contributed by atoms with E-state index in [2.05, 4.69) is 0 Å². The van der Waals surface area contributed by atoms with Gasteiger partial charge in [-0.2, -0.15) is 0 Å². The molecule has 0 fully saturated rings. The molecule has 0 aliphatic carbocycles. The van der Waals surface area contributed by atoms with E-state index in [1.54, 1.807) is 30.3 Å². The van der Waals surface area contributed by atoms with Crippen molar-refractivity contribution in [1.82, 2.24) is 0 Å². The largest absolute Gasteiger partial charge is 0.491 e. The van der Waals surface area contributed by atoms with Crippen molar-refractivity contribution in [2.45, 2.75) is 12.5 Å². The molecule has 20 heavy (non-hydrogen) atoms. The van der Waals surface area contributed by atoms with Gasteiger partial charge in [-0.1, -0.05) is 29.3 Å². The van der Waals surface area contributed by atoms with Crippen LogP contribution in [0, 0.1) is 5.82 Å². The zero-order valence-electron chi connectivity index (χ0n) is 10.5. The minimum Gasteiger partial charge on any atom is -0.491 e. The third-order valence-corrected chi connectivity index (χ3v) is 3.25. The fourth-order valence-electron chi connectivity index (χ4n) is 1.72. The van der Waals surface area contributed by atoms with E-state index in [0.717, 1.165) is 5.56 Å². The Balaban J connectivity index is 1.87. The topological polar surface area (TPSA) is 29.5 Å². The Kier molecular flexibility index (Phi) is 5.24. The summed E-state index contributed by atoms with van der Waals surface area (Å²) in [5.74, 6) is 0.160. The zero-order chi connectivity index (χ0) is 14.5. The lowest BCUT2D eigenvalue weighted by Crippen LogP contribution is -2.20. The van der Waals surface area contributed by atoms with Crippen molar-refractivity contribution >= 4 is 23.2 Å². The van der Waals surface area contributed by atoms with E-state index in [1.165, 1.54) is 12.1 Å². The molecule has 1 unspecified atom stereocenters. The number of benzene rings is 2. The van der Waals surface area contributed by atoms with Crippen molar-refractivity contribution in [2.75, 3.05) is 6.61 Å². The summed E-state index contributed by atoms with van der Waals surface area (Å²) >= 11 is 11.4. The van der Waals surface area contributed by atoms with Crippen LogP contribution in [0.4, 0.5) is 4.39 Å². The van der Waals surface area contributed by atoms with E-state index in [4.69, 9.17) is 27.9 Å². The van der Waals surface area contributed by atoms with Gasteiger partial charge in [-0.3, -0.25) is 0 Å². The quantitative estimate of drug-likeness (QED) is 0.899. The van der Waals surface area contributed by atoms with Crippen LogP contribution in [0.2, 0.25) is 10.0 Å². The van der Waals surface area contributed by atoms with Gasteiger partial charge in [-0.05, 0) is 42.0 Å². The zero-order valence-corrected chi connectivity index (χ0v) is 12.0. The number of hydrogen-bond acceptors (Lipinski definition) is 2. The summed E-state index contributed by atoms with van der Waals surface area (Å²) in [7, 11) is 0. The second-order valence-electron chi connectivity index (χ2n) is 4.37. The predicted octanol–water partition coefficient (Wildman–Crippen LogP) is 4.11. The Morgan fingerprint density at radius 3 is 2.45 bits per heavy atom. The van der Waals surface area contributed by atoms with Gasteiger partial charge >= 0.3 is 0 Å². The van der Waals surface area contributed by atoms with Crippen LogP contribution in [-0.2, 0) is 6.42 Å². The highest BCUT2D eigenvalue weighted by molar-refractivity contribution is 6.31. The van der Waals surface area contributed by atoms with Gasteiger partial charge in [0.05, 0.1) is 11.1 Å². The van der Waals surface area contributed by atoms with E-state index in [9.17, 15) is 9.50 Å². The molecule has 106 valence electrons. The molecule has 2 aromatic rings. The van der Waals surface area contributed by atoms with Gasteiger partial charge < -0.3 is 9.84 Å². The first kappa shape index (κ1) is 15.1. The third-order valence-electron chi connectivity index (χ3n) is 2.71. The molecular weight excluding hydrogens is 302 g/mol. The molecule has 2 rings (SSSR count). The Bertz CT molecular complexity index is 573. The molecule has 0 aliphatic rings. The van der Waals surface area contributed by atoms with Crippen molar-refractivity contribution in [1.29, 1.82) is 0 Å². The average Bonchev–Trinajstić information content (AvgIpc) is 2.42. The molecule has 0 radical (unpaired) electrons. The molecule has 1 N–H and O–H groups in total. The smallest absolute Gasteiger partial charge is 0.141 e. The van der Waals surface area contributed by atoms with Crippen molar-refractivity contribution in [3.63, 3.8) is 0 Å². The number of hydrogen-bond donors (Lipinski definition) is 1. The summed E-state index contributed by atoms with van der Waals surface area (Å²) in [5, 5.41) is 10.6. The van der Waals surface area contributed by atoms with Crippen molar-refractivity contribution in [3.8, 4) is 5.75 Å². The normalized spacial score (nSPS) is 12.2. The Morgan fingerprint density at radius 1 is 1.10 bits per heavy atom. The molecule has 0 saturated heterocycles. The maximum absolute atomic E-state index is 13.0. The molecule has 5 heteroatoms. The van der Waals surface area contributed by atoms with Gasteiger partial charge in [0.15, 0.2) is 0 Å². The minimum atomic E-state index is -0.702. The molecule has 2 aromatic carbocycles. The van der Waals surface area contributed by atoms with Gasteiger partial charge in [0.2, 0.25) is 0 Å². The number of ether oxygens (including phenoxy) is 1. The molecule has 0 bridgehead atoms. The molecule has 2 nitrogen and oxygen atoms in total. The van der Waals surface area contributed by atoms with Crippen LogP contribution in [0.25, 0.3) is 0 Å². The third kappa shape index (κ3) is 4.37. The maximum atomic E-state index is 13.0. The SMILES string of the molecule is OC(COc1ccc(Cl)cc1)Cc1ccc(F)c(Cl)c1. The molecule has 0 saturated carbocycles. The summed E-state index contributed by atoms with van der Waals surface area (Å²) in [5.41, 5.74) is 0.753. The van der Waals surface area contributed by atoms with Crippen LogP contribution in [0.5, 0.6) is 5.75 Å². The van der Waals surface area contributed by atoms with Gasteiger partial charge in [0.1, 0.15) is 18.2 Å². The number of halogens is 3. The van der Waals surface area contributed by atoms with E-state index >= 15 is 0 Å². The first-order chi connectivity index (χ1) is 9.54. The van der Waals surface area contributed by atoms with Crippen LogP contribution >= 0.6 is 23.2 Å². The molecule has 0 aliphatic heterocycles. The first-order valence-electron chi connectivity index (χ1n) is 6.05. The first-order valence-corrected chi connectivity index (χ1v) is 6.80. The van der Waals surface area contributed by atoms with Gasteiger partial charge in [0.25, 0.3) is 0 Å². The fourth-order valence-corrected chi connectivity index (χ4v) is 2.05. The molecular formula is C15H13Cl2FO2. The maximum Gasteiger partial charge on any atom is 0.141 e. The van der Waals surface area contributed by atoms with Crippen LogP contribution in [0.1, 0.15) is 5.56 Å². The Morgan fingerprint density at radius 2 is 1.80 bits per heavy atom. The lowest BCUT2D eigenvalue weighted by molar-refractivity contribution is 0.108. The summed E-state index contributed by atoms with van der Waals surface area (Å²) < 4.78 is 18.4. The van der Waals surface area contributed by atoms with E-state index in [1.807, 2.05) is 0 Å². The van der Waals surface area contributed by atoms with Crippen LogP contribution in [-0.4, -0.2) is 17.8 Å². The second kappa shape index (κ2) is 6.93. The summed E-state index contributed by atoms with van der Waals surface area (Å²) in [6.07, 6.45) is -0.361. The lowest BCUT2D eigenvalue weighted by atomic mass is 10.1. The lowest BCUT2D eigenvalue weighted by Gasteiger charge is -2.12. The number of aliphatic hydroxyl groups is 1. The minimum absolute atomic E-state index is 0.0494. The highest BCUT2D eigenvalue weighted by Gasteiger charge is 2.09. The van der Waals surface area contributed by atoms with Gasteiger partial charge in [-0.25, -0.2) is 4.39 Å². The summed E-state index contributed by atoms with van der Waals surface area (Å²) in [6, 6.07) is 11.2. The standard InChI is InChI=1S/C15H13Cl2FO2/c16-11-2-4-13(5-3-11)20-9-12(19)7-10-1-6-15(18)14(17)8-10/h1-6,8,12,19H,7,9H2. The van der Waals surface area contributed by atoms with Gasteiger partial charge in [-0.15, -0.1) is 0 Å². The molecule has 0 aromatic heterocycles. The van der Waals surface area contributed by atoms with Crippen LogP contribution in [0.15, 0.2) is 42.5 Å². The van der Waals surface area contributed by atoms with E-state index in [-0.39, 0.29) is 11.6 Å². The predicted molar refractivity (Wildman–Crippen MR) is 78.1 cm³/mol.